The molecule has 1 aliphatic heterocycles. The summed E-state index contributed by atoms with van der Waals surface area (Å²) in [5, 5.41) is 0.767. The normalized spacial score (nSPS) is 39.0. The van der Waals surface area contributed by atoms with Crippen LogP contribution in [0.1, 0.15) is 40.5 Å². The third kappa shape index (κ3) is 3.56. The molecule has 1 heterocycles. The van der Waals surface area contributed by atoms with Crippen LogP contribution in [-0.4, -0.2) is 34.4 Å². The minimum atomic E-state index is -0.229. The largest absolute Gasteiger partial charge is 0.458 e. The van der Waals surface area contributed by atoms with Crippen LogP contribution in [-0.2, 0) is 14.3 Å². The van der Waals surface area contributed by atoms with Gasteiger partial charge in [-0.05, 0) is 36.8 Å². The molecule has 0 aromatic carbocycles. The van der Waals surface area contributed by atoms with Crippen molar-refractivity contribution in [3.05, 3.63) is 11.6 Å². The highest BCUT2D eigenvalue weighted by molar-refractivity contribution is 9.09. The van der Waals surface area contributed by atoms with E-state index in [-0.39, 0.29) is 35.6 Å². The van der Waals surface area contributed by atoms with E-state index in [2.05, 4.69) is 58.7 Å². The van der Waals surface area contributed by atoms with Gasteiger partial charge in [0.1, 0.15) is 6.10 Å². The Bertz CT molecular complexity index is 433. The molecular weight excluding hydrogens is 400 g/mol. The van der Waals surface area contributed by atoms with Gasteiger partial charge in [-0.1, -0.05) is 45.7 Å². The molecule has 0 amide bonds. The van der Waals surface area contributed by atoms with Crippen molar-refractivity contribution in [1.82, 2.24) is 0 Å². The molecule has 0 saturated heterocycles. The van der Waals surface area contributed by atoms with Crippen LogP contribution in [0.4, 0.5) is 0 Å². The Morgan fingerprint density at radius 1 is 1.48 bits per heavy atom. The summed E-state index contributed by atoms with van der Waals surface area (Å²) in [6.45, 7) is 8.01. The Labute approximate surface area is 144 Å². The lowest BCUT2D eigenvalue weighted by Crippen LogP contribution is -2.51. The fraction of sp³-hybridized carbons (Fsp3) is 0.812. The lowest BCUT2D eigenvalue weighted by molar-refractivity contribution is -0.156. The van der Waals surface area contributed by atoms with Gasteiger partial charge in [-0.2, -0.15) is 0 Å². The van der Waals surface area contributed by atoms with Crippen LogP contribution < -0.4 is 0 Å². The second-order valence-electron chi connectivity index (χ2n) is 6.69. The monoisotopic (exact) mass is 422 g/mol. The van der Waals surface area contributed by atoms with Crippen molar-refractivity contribution in [2.45, 2.75) is 63.7 Å². The van der Waals surface area contributed by atoms with E-state index in [0.29, 0.717) is 4.83 Å². The number of hydrogen-bond acceptors (Lipinski definition) is 3. The Morgan fingerprint density at radius 2 is 2.14 bits per heavy atom. The van der Waals surface area contributed by atoms with Crippen molar-refractivity contribution >= 4 is 37.8 Å². The highest BCUT2D eigenvalue weighted by atomic mass is 79.9. The molecule has 120 valence electrons. The van der Waals surface area contributed by atoms with Gasteiger partial charge in [-0.25, -0.2) is 0 Å². The molecule has 3 nitrogen and oxygen atoms in total. The van der Waals surface area contributed by atoms with Gasteiger partial charge in [-0.3, -0.25) is 4.79 Å². The number of alkyl halides is 2. The highest BCUT2D eigenvalue weighted by Gasteiger charge is 2.50. The molecule has 0 aromatic rings. The lowest BCUT2D eigenvalue weighted by atomic mass is 9.65. The van der Waals surface area contributed by atoms with Crippen molar-refractivity contribution in [1.29, 1.82) is 0 Å². The zero-order valence-corrected chi connectivity index (χ0v) is 16.2. The summed E-state index contributed by atoms with van der Waals surface area (Å²) >= 11 is 7.34. The number of carbonyl (C=O) groups excluding carboxylic acids is 1. The van der Waals surface area contributed by atoms with Crippen LogP contribution in [0.25, 0.3) is 0 Å². The number of hydrogen-bond donors (Lipinski definition) is 0. The second kappa shape index (κ2) is 6.71. The molecule has 21 heavy (non-hydrogen) atoms. The van der Waals surface area contributed by atoms with E-state index in [1.807, 2.05) is 0 Å². The summed E-state index contributed by atoms with van der Waals surface area (Å²) in [5.74, 6) is -0.0638. The third-order valence-electron chi connectivity index (χ3n) is 4.84. The number of ether oxygens (including phenoxy) is 2. The first-order chi connectivity index (χ1) is 9.77. The van der Waals surface area contributed by atoms with Gasteiger partial charge >= 0.3 is 5.97 Å². The first kappa shape index (κ1) is 17.5. The summed E-state index contributed by atoms with van der Waals surface area (Å²) in [7, 11) is 0. The fourth-order valence-corrected chi connectivity index (χ4v) is 4.82. The topological polar surface area (TPSA) is 35.5 Å². The number of fused-ring (bicyclic) bond motifs is 1. The van der Waals surface area contributed by atoms with Crippen LogP contribution in [0.5, 0.6) is 0 Å². The number of rotatable bonds is 2. The maximum absolute atomic E-state index is 11.5. The minimum Gasteiger partial charge on any atom is -0.458 e. The number of esters is 1. The molecule has 0 N–H and O–H groups in total. The number of carbonyl (C=O) groups is 1. The molecule has 5 atom stereocenters. The van der Waals surface area contributed by atoms with E-state index in [4.69, 9.17) is 9.47 Å². The lowest BCUT2D eigenvalue weighted by Gasteiger charge is -2.48. The predicted molar refractivity (Wildman–Crippen MR) is 91.0 cm³/mol. The SMILES string of the molecule is CC(=O)O[C@@H]1C=C(C)C(CBr)OC2CC[C@H](Br)C(C)(C)C21. The average Bonchev–Trinajstić information content (AvgIpc) is 2.51. The van der Waals surface area contributed by atoms with Crippen LogP contribution >= 0.6 is 31.9 Å². The van der Waals surface area contributed by atoms with Crippen molar-refractivity contribution in [3.63, 3.8) is 0 Å². The molecule has 0 aromatic heterocycles. The van der Waals surface area contributed by atoms with Gasteiger partial charge in [0.15, 0.2) is 0 Å². The van der Waals surface area contributed by atoms with Gasteiger partial charge in [-0.15, -0.1) is 0 Å². The number of halogens is 2. The van der Waals surface area contributed by atoms with Crippen LogP contribution in [0.3, 0.4) is 0 Å². The summed E-state index contributed by atoms with van der Waals surface area (Å²) < 4.78 is 12.0. The first-order valence-corrected chi connectivity index (χ1v) is 9.52. The maximum Gasteiger partial charge on any atom is 0.303 e. The summed E-state index contributed by atoms with van der Waals surface area (Å²) in [4.78, 5) is 11.9. The van der Waals surface area contributed by atoms with Crippen LogP contribution in [0.2, 0.25) is 0 Å². The zero-order chi connectivity index (χ0) is 15.8. The van der Waals surface area contributed by atoms with Gasteiger partial charge < -0.3 is 9.47 Å². The summed E-state index contributed by atoms with van der Waals surface area (Å²) in [6.07, 6.45) is 4.12. The first-order valence-electron chi connectivity index (χ1n) is 7.48. The van der Waals surface area contributed by atoms with Crippen molar-refractivity contribution in [2.24, 2.45) is 11.3 Å². The predicted octanol–water partition coefficient (Wildman–Crippen LogP) is 4.23. The van der Waals surface area contributed by atoms with Crippen LogP contribution in [0.15, 0.2) is 11.6 Å². The molecule has 0 bridgehead atoms. The quantitative estimate of drug-likeness (QED) is 0.378. The van der Waals surface area contributed by atoms with E-state index >= 15 is 0 Å². The Balaban J connectivity index is 2.40. The Kier molecular flexibility index (Phi) is 5.59. The fourth-order valence-electron chi connectivity index (χ4n) is 3.58. The zero-order valence-electron chi connectivity index (χ0n) is 13.1. The average molecular weight is 424 g/mol. The second-order valence-corrected chi connectivity index (χ2v) is 8.45. The van der Waals surface area contributed by atoms with Gasteiger partial charge in [0.2, 0.25) is 0 Å². The van der Waals surface area contributed by atoms with Gasteiger partial charge in [0.25, 0.3) is 0 Å². The van der Waals surface area contributed by atoms with Crippen molar-refractivity contribution < 1.29 is 14.3 Å². The molecule has 1 aliphatic carbocycles. The maximum atomic E-state index is 11.5. The van der Waals surface area contributed by atoms with Gasteiger partial charge in [0, 0.05) is 23.0 Å². The third-order valence-corrected chi connectivity index (χ3v) is 7.07. The van der Waals surface area contributed by atoms with Crippen LogP contribution in [0, 0.1) is 11.3 Å². The Morgan fingerprint density at radius 3 is 2.71 bits per heavy atom. The summed E-state index contributed by atoms with van der Waals surface area (Å²) in [6, 6.07) is 0. The van der Waals surface area contributed by atoms with E-state index in [1.54, 1.807) is 0 Å². The molecule has 2 rings (SSSR count). The van der Waals surface area contributed by atoms with Crippen molar-refractivity contribution in [2.75, 3.05) is 5.33 Å². The standard InChI is InChI=1S/C16H24Br2O3/c1-9-7-12(20-10(2)19)15-11(21-13(9)8-17)5-6-14(18)16(15,3)4/h7,11-15H,5-6,8H2,1-4H3/t11?,12-,13?,14+,15?/m1/s1. The molecule has 0 radical (unpaired) electrons. The minimum absolute atomic E-state index is 0.00101. The molecular formula is C16H24Br2O3. The van der Waals surface area contributed by atoms with E-state index in [1.165, 1.54) is 6.92 Å². The summed E-state index contributed by atoms with van der Waals surface area (Å²) in [5.41, 5.74) is 1.13. The molecule has 0 spiro atoms. The van der Waals surface area contributed by atoms with Crippen molar-refractivity contribution in [3.8, 4) is 0 Å². The molecule has 1 fully saturated rings. The van der Waals surface area contributed by atoms with E-state index in [0.717, 1.165) is 23.7 Å². The smallest absolute Gasteiger partial charge is 0.303 e. The van der Waals surface area contributed by atoms with E-state index < -0.39 is 0 Å². The molecule has 3 unspecified atom stereocenters. The molecule has 1 saturated carbocycles. The molecule has 5 heteroatoms. The van der Waals surface area contributed by atoms with Gasteiger partial charge in [0.05, 0.1) is 12.2 Å². The Hall–Kier alpha value is 0.130. The molecule has 2 aliphatic rings. The highest BCUT2D eigenvalue weighted by Crippen LogP contribution is 2.49. The van der Waals surface area contributed by atoms with E-state index in [9.17, 15) is 4.79 Å².